The minimum Gasteiger partial charge on any atom is -0.394 e. The topological polar surface area (TPSA) is 148 Å². The third kappa shape index (κ3) is 2.18. The second kappa shape index (κ2) is 5.68. The summed E-state index contributed by atoms with van der Waals surface area (Å²) >= 11 is 0. The fourth-order valence-corrected chi connectivity index (χ4v) is 2.43. The van der Waals surface area contributed by atoms with Crippen LogP contribution in [0.25, 0.3) is 11.2 Å². The molecule has 1 saturated heterocycles. The molecule has 2 aromatic rings. The quantitative estimate of drug-likeness (QED) is 0.552. The lowest BCUT2D eigenvalue weighted by Crippen LogP contribution is -2.37. The van der Waals surface area contributed by atoms with Crippen molar-refractivity contribution in [1.29, 1.82) is 0 Å². The molecule has 0 bridgehead atoms. The van der Waals surface area contributed by atoms with E-state index in [4.69, 9.17) is 9.84 Å². The largest absolute Gasteiger partial charge is 0.394 e. The molecule has 0 amide bonds. The Balaban J connectivity index is 2.07. The van der Waals surface area contributed by atoms with Gasteiger partial charge in [-0.15, -0.1) is 10.2 Å². The third-order valence-corrected chi connectivity index (χ3v) is 3.56. The lowest BCUT2D eigenvalue weighted by Gasteiger charge is -2.15. The zero-order valence-electron chi connectivity index (χ0n) is 11.8. The third-order valence-electron chi connectivity index (χ3n) is 3.56. The van der Waals surface area contributed by atoms with Crippen molar-refractivity contribution in [2.45, 2.75) is 44.4 Å². The molecule has 3 N–H and O–H groups in total. The number of aliphatic hydroxyl groups excluding tert-OH is 3. The van der Waals surface area contributed by atoms with E-state index in [0.29, 0.717) is 6.54 Å². The number of aromatic nitrogens is 6. The van der Waals surface area contributed by atoms with Crippen molar-refractivity contribution in [3.63, 3.8) is 0 Å². The summed E-state index contributed by atoms with van der Waals surface area (Å²) in [5.74, 6) is 0. The second-order valence-corrected chi connectivity index (χ2v) is 5.05. The van der Waals surface area contributed by atoms with Crippen molar-refractivity contribution in [2.75, 3.05) is 6.61 Å². The van der Waals surface area contributed by atoms with Gasteiger partial charge in [0.05, 0.1) is 6.61 Å². The average Bonchev–Trinajstić information content (AvgIpc) is 3.04. The van der Waals surface area contributed by atoms with Crippen molar-refractivity contribution in [1.82, 2.24) is 30.0 Å². The summed E-state index contributed by atoms with van der Waals surface area (Å²) in [6.07, 6.45) is -4.21. The van der Waals surface area contributed by atoms with Crippen LogP contribution in [0.5, 0.6) is 0 Å². The van der Waals surface area contributed by atoms with E-state index in [9.17, 15) is 15.0 Å². The van der Waals surface area contributed by atoms with Crippen LogP contribution in [0.2, 0.25) is 0 Å². The van der Waals surface area contributed by atoms with E-state index in [1.807, 2.05) is 6.92 Å². The fourth-order valence-electron chi connectivity index (χ4n) is 2.43. The molecule has 0 saturated carbocycles. The monoisotopic (exact) mass is 312 g/mol. The first-order valence-corrected chi connectivity index (χ1v) is 6.89. The van der Waals surface area contributed by atoms with Gasteiger partial charge in [-0.1, -0.05) is 17.4 Å². The van der Waals surface area contributed by atoms with E-state index in [0.717, 1.165) is 11.1 Å². The van der Waals surface area contributed by atoms with Gasteiger partial charge in [0, 0.05) is 6.54 Å². The Bertz CT molecular complexity index is 729. The maximum absolute atomic E-state index is 12.5. The molecule has 11 heteroatoms. The van der Waals surface area contributed by atoms with Crippen LogP contribution >= 0.6 is 0 Å². The predicted molar refractivity (Wildman–Crippen MR) is 70.7 cm³/mol. The number of fused-ring (bicyclic) bond motifs is 1. The average molecular weight is 312 g/mol. The molecule has 4 unspecified atom stereocenters. The van der Waals surface area contributed by atoms with E-state index >= 15 is 0 Å². The summed E-state index contributed by atoms with van der Waals surface area (Å²) in [5.41, 5.74) is -0.339. The van der Waals surface area contributed by atoms with Crippen LogP contribution in [0.3, 0.4) is 0 Å². The van der Waals surface area contributed by atoms with Crippen molar-refractivity contribution < 1.29 is 20.1 Å². The lowest BCUT2D eigenvalue weighted by atomic mass is 10.1. The van der Waals surface area contributed by atoms with Gasteiger partial charge in [-0.05, 0) is 6.42 Å². The smallest absolute Gasteiger partial charge is 0.300 e. The molecule has 2 aromatic heterocycles. The van der Waals surface area contributed by atoms with Gasteiger partial charge in [0.1, 0.15) is 18.3 Å². The zero-order valence-corrected chi connectivity index (χ0v) is 11.8. The Morgan fingerprint density at radius 2 is 1.95 bits per heavy atom. The molecule has 0 spiro atoms. The molecule has 1 aliphatic rings. The Hall–Kier alpha value is -1.95. The highest BCUT2D eigenvalue weighted by Crippen LogP contribution is 2.27. The molecule has 0 aliphatic carbocycles. The number of hydrogen-bond donors (Lipinski definition) is 3. The molecule has 4 atom stereocenters. The van der Waals surface area contributed by atoms with Gasteiger partial charge >= 0.3 is 0 Å². The van der Waals surface area contributed by atoms with Crippen LogP contribution in [0.15, 0.2) is 4.79 Å². The molecule has 0 aromatic carbocycles. The van der Waals surface area contributed by atoms with Crippen LogP contribution in [-0.4, -0.2) is 70.2 Å². The number of rotatable bonds is 4. The number of aryl methyl sites for hydroxylation is 1. The van der Waals surface area contributed by atoms with E-state index in [1.54, 1.807) is 0 Å². The summed E-state index contributed by atoms with van der Waals surface area (Å²) in [7, 11) is 0. The van der Waals surface area contributed by atoms with Gasteiger partial charge in [-0.2, -0.15) is 4.68 Å². The second-order valence-electron chi connectivity index (χ2n) is 5.05. The molecule has 11 nitrogen and oxygen atoms in total. The van der Waals surface area contributed by atoms with Gasteiger partial charge in [-0.25, -0.2) is 4.68 Å². The zero-order chi connectivity index (χ0) is 15.9. The Labute approximate surface area is 123 Å². The first-order chi connectivity index (χ1) is 10.6. The van der Waals surface area contributed by atoms with Gasteiger partial charge in [0.2, 0.25) is 5.65 Å². The highest BCUT2D eigenvalue weighted by atomic mass is 16.6. The highest BCUT2D eigenvalue weighted by molar-refractivity contribution is 5.67. The fraction of sp³-hybridized carbons (Fsp3) is 0.727. The number of aliphatic hydroxyl groups is 3. The summed E-state index contributed by atoms with van der Waals surface area (Å²) < 4.78 is 7.53. The molecule has 3 rings (SSSR count). The highest BCUT2D eigenvalue weighted by Gasteiger charge is 2.44. The number of hydrogen-bond acceptors (Lipinski definition) is 9. The Kier molecular flexibility index (Phi) is 3.87. The van der Waals surface area contributed by atoms with Crippen LogP contribution in [0.1, 0.15) is 19.6 Å². The van der Waals surface area contributed by atoms with Gasteiger partial charge < -0.3 is 20.1 Å². The predicted octanol–water partition coefficient (Wildman–Crippen LogP) is -2.60. The van der Waals surface area contributed by atoms with Gasteiger partial charge in [0.15, 0.2) is 11.7 Å². The van der Waals surface area contributed by atoms with Gasteiger partial charge in [-0.3, -0.25) is 4.79 Å². The minimum atomic E-state index is -1.41. The molecular formula is C11H16N6O5. The lowest BCUT2D eigenvalue weighted by molar-refractivity contribution is -0.0619. The van der Waals surface area contributed by atoms with Crippen molar-refractivity contribution in [3.05, 3.63) is 10.4 Å². The van der Waals surface area contributed by atoms with Crippen molar-refractivity contribution in [3.8, 4) is 0 Å². The molecule has 3 heterocycles. The van der Waals surface area contributed by atoms with Crippen LogP contribution < -0.4 is 5.56 Å². The number of nitrogens with zero attached hydrogens (tertiary/aromatic N) is 6. The molecule has 1 fully saturated rings. The summed E-state index contributed by atoms with van der Waals surface area (Å²) in [4.78, 5) is 12.5. The van der Waals surface area contributed by atoms with E-state index in [-0.39, 0.29) is 11.2 Å². The maximum atomic E-state index is 12.5. The van der Waals surface area contributed by atoms with Crippen molar-refractivity contribution >= 4 is 11.2 Å². The summed E-state index contributed by atoms with van der Waals surface area (Å²) in [6, 6.07) is 0. The molecule has 0 radical (unpaired) electrons. The molecule has 120 valence electrons. The Morgan fingerprint density at radius 3 is 2.59 bits per heavy atom. The molecular weight excluding hydrogens is 296 g/mol. The van der Waals surface area contributed by atoms with E-state index < -0.39 is 36.7 Å². The summed E-state index contributed by atoms with van der Waals surface area (Å²) in [5, 5.41) is 43.9. The van der Waals surface area contributed by atoms with Gasteiger partial charge in [0.25, 0.3) is 5.56 Å². The standard InChI is InChI=1S/C11H16N6O5/c1-2-3-16-6-9(12-14-16)13-15-17(10(6)21)11-8(20)7(19)5(4-18)22-11/h5,7-8,11,18-20H,2-4H2,1H3. The maximum Gasteiger partial charge on any atom is 0.300 e. The minimum absolute atomic E-state index is 0.0986. The first kappa shape index (κ1) is 15.0. The van der Waals surface area contributed by atoms with E-state index in [2.05, 4.69) is 20.6 Å². The SMILES string of the molecule is CCCn1nnc2nnn(C3OC(CO)C(O)C3O)c(=O)c21. The molecule has 1 aliphatic heterocycles. The number of ether oxygens (including phenoxy) is 1. The van der Waals surface area contributed by atoms with Crippen LogP contribution in [-0.2, 0) is 11.3 Å². The first-order valence-electron chi connectivity index (χ1n) is 6.89. The molecule has 22 heavy (non-hydrogen) atoms. The van der Waals surface area contributed by atoms with Crippen molar-refractivity contribution in [2.24, 2.45) is 0 Å². The van der Waals surface area contributed by atoms with E-state index in [1.165, 1.54) is 4.68 Å². The summed E-state index contributed by atoms with van der Waals surface area (Å²) in [6.45, 7) is 1.91. The van der Waals surface area contributed by atoms with Crippen LogP contribution in [0, 0.1) is 0 Å². The van der Waals surface area contributed by atoms with Crippen LogP contribution in [0.4, 0.5) is 0 Å². The normalized spacial score (nSPS) is 28.5. The Morgan fingerprint density at radius 1 is 1.23 bits per heavy atom.